The minimum atomic E-state index is -0.380. The maximum absolute atomic E-state index is 11.3. The highest BCUT2D eigenvalue weighted by Gasteiger charge is 2.12. The summed E-state index contributed by atoms with van der Waals surface area (Å²) in [5.41, 5.74) is 1.45. The number of carbonyl (C=O) groups excluding carboxylic acids is 1. The number of carbonyl (C=O) groups is 1. The summed E-state index contributed by atoms with van der Waals surface area (Å²) < 4.78 is 4.64. The Balaban J connectivity index is 2.77. The zero-order chi connectivity index (χ0) is 12.7. The topological polar surface area (TPSA) is 29.5 Å². The Kier molecular flexibility index (Phi) is 5.01. The Labute approximate surface area is 102 Å². The average Bonchev–Trinajstić information content (AvgIpc) is 2.38. The first-order valence-electron chi connectivity index (χ1n) is 5.36. The van der Waals surface area contributed by atoms with Gasteiger partial charge in [0.1, 0.15) is 0 Å². The number of rotatable bonds is 6. The van der Waals surface area contributed by atoms with E-state index in [1.807, 2.05) is 35.2 Å². The molecule has 3 nitrogen and oxygen atoms in total. The van der Waals surface area contributed by atoms with Gasteiger partial charge in [-0.1, -0.05) is 30.9 Å². The summed E-state index contributed by atoms with van der Waals surface area (Å²) in [6, 6.07) is 9.81. The van der Waals surface area contributed by atoms with Crippen molar-refractivity contribution in [2.75, 3.05) is 25.1 Å². The number of benzene rings is 1. The van der Waals surface area contributed by atoms with Crippen LogP contribution in [0.3, 0.4) is 0 Å². The second-order valence-electron chi connectivity index (χ2n) is 3.60. The number of para-hydroxylation sites is 1. The number of anilines is 1. The van der Waals surface area contributed by atoms with Gasteiger partial charge in [-0.3, -0.25) is 0 Å². The summed E-state index contributed by atoms with van der Waals surface area (Å²) in [6.07, 6.45) is 1.79. The second-order valence-corrected chi connectivity index (χ2v) is 3.60. The number of methoxy groups -OCH3 is 1. The van der Waals surface area contributed by atoms with Crippen LogP contribution in [-0.2, 0) is 9.53 Å². The molecule has 0 N–H and O–H groups in total. The molecule has 0 saturated heterocycles. The van der Waals surface area contributed by atoms with Crippen LogP contribution in [0.5, 0.6) is 0 Å². The molecule has 0 amide bonds. The first kappa shape index (κ1) is 13.0. The molecule has 3 heteroatoms. The largest absolute Gasteiger partial charge is 0.466 e. The fourth-order valence-electron chi connectivity index (χ4n) is 1.50. The predicted molar refractivity (Wildman–Crippen MR) is 70.0 cm³/mol. The van der Waals surface area contributed by atoms with Crippen LogP contribution in [-0.4, -0.2) is 26.2 Å². The van der Waals surface area contributed by atoms with Crippen molar-refractivity contribution in [2.45, 2.75) is 0 Å². The summed E-state index contributed by atoms with van der Waals surface area (Å²) in [4.78, 5) is 13.3. The number of hydrogen-bond acceptors (Lipinski definition) is 3. The molecular weight excluding hydrogens is 214 g/mol. The van der Waals surface area contributed by atoms with Gasteiger partial charge in [-0.2, -0.15) is 0 Å². The minimum Gasteiger partial charge on any atom is -0.466 e. The molecule has 0 aliphatic heterocycles. The minimum absolute atomic E-state index is 0.380. The molecule has 0 spiro atoms. The molecule has 1 aromatic carbocycles. The zero-order valence-corrected chi connectivity index (χ0v) is 10.1. The molecule has 0 radical (unpaired) electrons. The molecule has 90 valence electrons. The van der Waals surface area contributed by atoms with Crippen LogP contribution < -0.4 is 4.90 Å². The summed E-state index contributed by atoms with van der Waals surface area (Å²) in [6.45, 7) is 8.52. The van der Waals surface area contributed by atoms with Crippen molar-refractivity contribution < 1.29 is 9.53 Å². The Morgan fingerprint density at radius 3 is 2.59 bits per heavy atom. The highest BCUT2D eigenvalue weighted by Crippen LogP contribution is 2.14. The van der Waals surface area contributed by atoms with E-state index in [2.05, 4.69) is 17.9 Å². The van der Waals surface area contributed by atoms with E-state index in [0.29, 0.717) is 18.7 Å². The van der Waals surface area contributed by atoms with Crippen molar-refractivity contribution in [3.63, 3.8) is 0 Å². The third-order valence-corrected chi connectivity index (χ3v) is 2.33. The average molecular weight is 231 g/mol. The second kappa shape index (κ2) is 6.53. The highest BCUT2D eigenvalue weighted by molar-refractivity contribution is 5.88. The first-order chi connectivity index (χ1) is 8.19. The van der Waals surface area contributed by atoms with Crippen LogP contribution >= 0.6 is 0 Å². The molecule has 0 saturated carbocycles. The van der Waals surface area contributed by atoms with E-state index in [1.165, 1.54) is 7.11 Å². The van der Waals surface area contributed by atoms with Crippen LogP contribution in [0.15, 0.2) is 55.1 Å². The van der Waals surface area contributed by atoms with E-state index < -0.39 is 0 Å². The molecule has 1 rings (SSSR count). The monoisotopic (exact) mass is 231 g/mol. The van der Waals surface area contributed by atoms with Crippen LogP contribution in [0.2, 0.25) is 0 Å². The Bertz CT molecular complexity index is 398. The molecule has 0 unspecified atom stereocenters. The third-order valence-electron chi connectivity index (χ3n) is 2.33. The molecule has 17 heavy (non-hydrogen) atoms. The molecule has 0 atom stereocenters. The van der Waals surface area contributed by atoms with Crippen molar-refractivity contribution >= 4 is 11.7 Å². The number of hydrogen-bond donors (Lipinski definition) is 0. The lowest BCUT2D eigenvalue weighted by Gasteiger charge is -2.23. The summed E-state index contributed by atoms with van der Waals surface area (Å²) in [5.74, 6) is -0.380. The van der Waals surface area contributed by atoms with Gasteiger partial charge in [0.05, 0.1) is 7.11 Å². The van der Waals surface area contributed by atoms with E-state index in [9.17, 15) is 4.79 Å². The van der Waals surface area contributed by atoms with Gasteiger partial charge in [0.2, 0.25) is 0 Å². The Hall–Kier alpha value is -2.03. The molecule has 0 aliphatic rings. The molecule has 0 heterocycles. The van der Waals surface area contributed by atoms with Gasteiger partial charge in [0.25, 0.3) is 0 Å². The van der Waals surface area contributed by atoms with Crippen molar-refractivity contribution in [3.8, 4) is 0 Å². The van der Waals surface area contributed by atoms with E-state index in [-0.39, 0.29) is 5.97 Å². The number of ether oxygens (including phenoxy) is 1. The highest BCUT2D eigenvalue weighted by atomic mass is 16.5. The van der Waals surface area contributed by atoms with Crippen LogP contribution in [0.1, 0.15) is 0 Å². The SMILES string of the molecule is C=CCN(CC(=C)C(=O)OC)c1ccccc1. The maximum atomic E-state index is 11.3. The van der Waals surface area contributed by atoms with E-state index >= 15 is 0 Å². The lowest BCUT2D eigenvalue weighted by molar-refractivity contribution is -0.136. The summed E-state index contributed by atoms with van der Waals surface area (Å²) in [7, 11) is 1.36. The smallest absolute Gasteiger partial charge is 0.334 e. The standard InChI is InChI=1S/C14H17NO2/c1-4-10-15(11-12(2)14(16)17-3)13-8-6-5-7-9-13/h4-9H,1-2,10-11H2,3H3. The molecule has 0 aromatic heterocycles. The third kappa shape index (κ3) is 3.79. The predicted octanol–water partition coefficient (Wildman–Crippen LogP) is 2.41. The molecule has 0 bridgehead atoms. The fourth-order valence-corrected chi connectivity index (χ4v) is 1.50. The van der Waals surface area contributed by atoms with E-state index in [0.717, 1.165) is 5.69 Å². The molecular formula is C14H17NO2. The van der Waals surface area contributed by atoms with E-state index in [1.54, 1.807) is 6.08 Å². The lowest BCUT2D eigenvalue weighted by atomic mass is 10.2. The van der Waals surface area contributed by atoms with Crippen LogP contribution in [0.25, 0.3) is 0 Å². The molecule has 0 fully saturated rings. The van der Waals surface area contributed by atoms with Gasteiger partial charge in [-0.25, -0.2) is 4.79 Å². The van der Waals surface area contributed by atoms with Crippen LogP contribution in [0.4, 0.5) is 5.69 Å². The molecule has 1 aromatic rings. The van der Waals surface area contributed by atoms with Gasteiger partial charge < -0.3 is 9.64 Å². The van der Waals surface area contributed by atoms with Gasteiger partial charge in [0, 0.05) is 24.4 Å². The number of nitrogens with zero attached hydrogens (tertiary/aromatic N) is 1. The lowest BCUT2D eigenvalue weighted by Crippen LogP contribution is -2.28. The number of esters is 1. The van der Waals surface area contributed by atoms with Crippen molar-refractivity contribution in [2.24, 2.45) is 0 Å². The normalized spacial score (nSPS) is 9.47. The Morgan fingerprint density at radius 2 is 2.06 bits per heavy atom. The fraction of sp³-hybridized carbons (Fsp3) is 0.214. The van der Waals surface area contributed by atoms with E-state index in [4.69, 9.17) is 0 Å². The van der Waals surface area contributed by atoms with Gasteiger partial charge in [-0.15, -0.1) is 6.58 Å². The van der Waals surface area contributed by atoms with Crippen LogP contribution in [0, 0.1) is 0 Å². The van der Waals surface area contributed by atoms with Gasteiger partial charge in [-0.05, 0) is 12.1 Å². The zero-order valence-electron chi connectivity index (χ0n) is 10.1. The summed E-state index contributed by atoms with van der Waals surface area (Å²) in [5, 5.41) is 0. The molecule has 0 aliphatic carbocycles. The van der Waals surface area contributed by atoms with Crippen molar-refractivity contribution in [3.05, 3.63) is 55.1 Å². The first-order valence-corrected chi connectivity index (χ1v) is 5.36. The van der Waals surface area contributed by atoms with Gasteiger partial charge >= 0.3 is 5.97 Å². The quantitative estimate of drug-likeness (QED) is 0.428. The van der Waals surface area contributed by atoms with Gasteiger partial charge in [0.15, 0.2) is 0 Å². The summed E-state index contributed by atoms with van der Waals surface area (Å²) >= 11 is 0. The maximum Gasteiger partial charge on any atom is 0.334 e. The van der Waals surface area contributed by atoms with Crippen molar-refractivity contribution in [1.82, 2.24) is 0 Å². The Morgan fingerprint density at radius 1 is 1.41 bits per heavy atom. The van der Waals surface area contributed by atoms with Crippen molar-refractivity contribution in [1.29, 1.82) is 0 Å².